The first-order valence-electron chi connectivity index (χ1n) is 8.96. The maximum absolute atomic E-state index is 12.4. The zero-order valence-electron chi connectivity index (χ0n) is 15.1. The summed E-state index contributed by atoms with van der Waals surface area (Å²) in [5, 5.41) is 4.10. The highest BCUT2D eigenvalue weighted by atomic mass is 35.5. The van der Waals surface area contributed by atoms with E-state index in [1.54, 1.807) is 16.7 Å². The maximum Gasteiger partial charge on any atom is 0.258 e. The number of para-hydroxylation sites is 1. The van der Waals surface area contributed by atoms with E-state index in [4.69, 9.17) is 16.3 Å². The number of fused-ring (bicyclic) bond motifs is 1. The van der Waals surface area contributed by atoms with Crippen LogP contribution in [0.4, 0.5) is 11.4 Å². The van der Waals surface area contributed by atoms with Crippen molar-refractivity contribution in [1.82, 2.24) is 9.38 Å². The number of aromatic nitrogens is 2. The summed E-state index contributed by atoms with van der Waals surface area (Å²) in [5.41, 5.74) is 4.16. The zero-order valence-corrected chi connectivity index (χ0v) is 15.9. The van der Waals surface area contributed by atoms with E-state index in [0.29, 0.717) is 36.1 Å². The van der Waals surface area contributed by atoms with Crippen molar-refractivity contribution in [2.75, 3.05) is 36.5 Å². The second kappa shape index (κ2) is 7.58. The number of benzene rings is 1. The number of hydrogen-bond acceptors (Lipinski definition) is 5. The Hall–Kier alpha value is -2.57. The van der Waals surface area contributed by atoms with Crippen LogP contribution in [-0.4, -0.2) is 35.7 Å². The van der Waals surface area contributed by atoms with Crippen molar-refractivity contribution in [2.24, 2.45) is 0 Å². The van der Waals surface area contributed by atoms with Crippen molar-refractivity contribution in [3.63, 3.8) is 0 Å². The SMILES string of the molecule is Cc1cccn2c(=O)cc(CNc3cccc(Cl)c3N3CCOCC3)nc12. The van der Waals surface area contributed by atoms with E-state index in [2.05, 4.69) is 15.2 Å². The number of ether oxygens (including phenoxy) is 1. The fourth-order valence-corrected chi connectivity index (χ4v) is 3.65. The van der Waals surface area contributed by atoms with Crippen LogP contribution >= 0.6 is 11.6 Å². The minimum Gasteiger partial charge on any atom is -0.378 e. The molecule has 0 radical (unpaired) electrons. The Bertz CT molecular complexity index is 1030. The van der Waals surface area contributed by atoms with Crippen molar-refractivity contribution in [1.29, 1.82) is 0 Å². The molecule has 27 heavy (non-hydrogen) atoms. The lowest BCUT2D eigenvalue weighted by molar-refractivity contribution is 0.123. The molecular weight excluding hydrogens is 364 g/mol. The van der Waals surface area contributed by atoms with Gasteiger partial charge in [-0.2, -0.15) is 0 Å². The molecule has 0 saturated carbocycles. The molecule has 0 bridgehead atoms. The van der Waals surface area contributed by atoms with Gasteiger partial charge < -0.3 is 15.0 Å². The van der Waals surface area contributed by atoms with Gasteiger partial charge in [0.25, 0.3) is 5.56 Å². The number of morpholine rings is 1. The van der Waals surface area contributed by atoms with Gasteiger partial charge in [0.1, 0.15) is 5.65 Å². The summed E-state index contributed by atoms with van der Waals surface area (Å²) in [6.45, 7) is 5.37. The molecule has 0 spiro atoms. The molecule has 1 aliphatic rings. The lowest BCUT2D eigenvalue weighted by Crippen LogP contribution is -2.36. The van der Waals surface area contributed by atoms with Crippen LogP contribution in [0, 0.1) is 6.92 Å². The highest BCUT2D eigenvalue weighted by molar-refractivity contribution is 6.34. The van der Waals surface area contributed by atoms with Gasteiger partial charge in [-0.05, 0) is 30.7 Å². The van der Waals surface area contributed by atoms with Crippen molar-refractivity contribution < 1.29 is 4.74 Å². The first-order chi connectivity index (χ1) is 13.1. The van der Waals surface area contributed by atoms with Crippen molar-refractivity contribution in [3.05, 3.63) is 69.2 Å². The lowest BCUT2D eigenvalue weighted by Gasteiger charge is -2.31. The third-order valence-corrected chi connectivity index (χ3v) is 5.02. The average Bonchev–Trinajstić information content (AvgIpc) is 2.68. The number of pyridine rings is 1. The van der Waals surface area contributed by atoms with Crippen LogP contribution in [0.2, 0.25) is 5.02 Å². The van der Waals surface area contributed by atoms with Gasteiger partial charge in [-0.3, -0.25) is 9.20 Å². The Morgan fingerprint density at radius 2 is 2.04 bits per heavy atom. The molecule has 4 rings (SSSR count). The van der Waals surface area contributed by atoms with Crippen LogP contribution in [0.1, 0.15) is 11.3 Å². The summed E-state index contributed by atoms with van der Waals surface area (Å²) in [6, 6.07) is 11.2. The molecule has 0 amide bonds. The van der Waals surface area contributed by atoms with Crippen molar-refractivity contribution in [2.45, 2.75) is 13.5 Å². The minimum absolute atomic E-state index is 0.0833. The Balaban J connectivity index is 1.63. The van der Waals surface area contributed by atoms with Gasteiger partial charge in [0, 0.05) is 25.4 Å². The lowest BCUT2D eigenvalue weighted by atomic mass is 10.2. The Kier molecular flexibility index (Phi) is 5.01. The van der Waals surface area contributed by atoms with E-state index < -0.39 is 0 Å². The van der Waals surface area contributed by atoms with Crippen LogP contribution in [0.15, 0.2) is 47.4 Å². The quantitative estimate of drug-likeness (QED) is 0.749. The maximum atomic E-state index is 12.4. The topological polar surface area (TPSA) is 58.9 Å². The molecule has 0 unspecified atom stereocenters. The number of anilines is 2. The van der Waals surface area contributed by atoms with Gasteiger partial charge in [0.15, 0.2) is 0 Å². The first kappa shape index (κ1) is 17.8. The standard InChI is InChI=1S/C20H21ClN4O2/c1-14-4-3-7-25-18(26)12-15(23-20(14)25)13-22-17-6-2-5-16(21)19(17)24-8-10-27-11-9-24/h2-7,12,22H,8-11,13H2,1H3. The van der Waals surface area contributed by atoms with E-state index in [0.717, 1.165) is 30.0 Å². The molecule has 0 aliphatic carbocycles. The normalized spacial score (nSPS) is 14.5. The molecule has 1 aromatic carbocycles. The Morgan fingerprint density at radius 1 is 1.22 bits per heavy atom. The number of aryl methyl sites for hydroxylation is 1. The van der Waals surface area contributed by atoms with Gasteiger partial charge in [0.2, 0.25) is 0 Å². The van der Waals surface area contributed by atoms with Gasteiger partial charge in [0.05, 0.1) is 41.8 Å². The second-order valence-corrected chi connectivity index (χ2v) is 6.97. The highest BCUT2D eigenvalue weighted by Crippen LogP contribution is 2.34. The third-order valence-electron chi connectivity index (χ3n) is 4.71. The number of halogens is 1. The Morgan fingerprint density at radius 3 is 2.85 bits per heavy atom. The van der Waals surface area contributed by atoms with E-state index in [-0.39, 0.29) is 5.56 Å². The average molecular weight is 385 g/mol. The molecule has 0 atom stereocenters. The summed E-state index contributed by atoms with van der Waals surface area (Å²) in [4.78, 5) is 19.3. The molecule has 1 saturated heterocycles. The molecule has 2 aromatic heterocycles. The zero-order chi connectivity index (χ0) is 18.8. The molecular formula is C20H21ClN4O2. The molecule has 3 heterocycles. The van der Waals surface area contributed by atoms with E-state index in [1.807, 2.05) is 37.3 Å². The molecule has 1 fully saturated rings. The number of nitrogens with zero attached hydrogens (tertiary/aromatic N) is 3. The van der Waals surface area contributed by atoms with Crippen LogP contribution < -0.4 is 15.8 Å². The molecule has 6 nitrogen and oxygen atoms in total. The molecule has 1 N–H and O–H groups in total. The second-order valence-electron chi connectivity index (χ2n) is 6.56. The summed E-state index contributed by atoms with van der Waals surface area (Å²) in [7, 11) is 0. The highest BCUT2D eigenvalue weighted by Gasteiger charge is 2.18. The van der Waals surface area contributed by atoms with Crippen LogP contribution in [0.25, 0.3) is 5.65 Å². The summed E-state index contributed by atoms with van der Waals surface area (Å²) >= 11 is 6.48. The van der Waals surface area contributed by atoms with E-state index >= 15 is 0 Å². The van der Waals surface area contributed by atoms with Gasteiger partial charge in [-0.25, -0.2) is 4.98 Å². The summed E-state index contributed by atoms with van der Waals surface area (Å²) in [6.07, 6.45) is 1.74. The van der Waals surface area contributed by atoms with Crippen molar-refractivity contribution >= 4 is 28.6 Å². The summed E-state index contributed by atoms with van der Waals surface area (Å²) in [5.74, 6) is 0. The number of hydrogen-bond donors (Lipinski definition) is 1. The largest absolute Gasteiger partial charge is 0.378 e. The molecule has 140 valence electrons. The van der Waals surface area contributed by atoms with Gasteiger partial charge in [-0.1, -0.05) is 23.7 Å². The first-order valence-corrected chi connectivity index (χ1v) is 9.34. The fourth-order valence-electron chi connectivity index (χ4n) is 3.35. The third kappa shape index (κ3) is 3.63. The van der Waals surface area contributed by atoms with Crippen LogP contribution in [-0.2, 0) is 11.3 Å². The summed E-state index contributed by atoms with van der Waals surface area (Å²) < 4.78 is 7.01. The molecule has 7 heteroatoms. The molecule has 3 aromatic rings. The van der Waals surface area contributed by atoms with Crippen LogP contribution in [0.3, 0.4) is 0 Å². The van der Waals surface area contributed by atoms with Gasteiger partial charge >= 0.3 is 0 Å². The number of rotatable bonds is 4. The van der Waals surface area contributed by atoms with Gasteiger partial charge in [-0.15, -0.1) is 0 Å². The van der Waals surface area contributed by atoms with Crippen molar-refractivity contribution in [3.8, 4) is 0 Å². The Labute approximate surface area is 162 Å². The minimum atomic E-state index is -0.0833. The van der Waals surface area contributed by atoms with E-state index in [9.17, 15) is 4.79 Å². The smallest absolute Gasteiger partial charge is 0.258 e. The number of nitrogens with one attached hydrogen (secondary N) is 1. The predicted octanol–water partition coefficient (Wildman–Crippen LogP) is 3.11. The monoisotopic (exact) mass is 384 g/mol. The molecule has 1 aliphatic heterocycles. The van der Waals surface area contributed by atoms with Crippen LogP contribution in [0.5, 0.6) is 0 Å². The van der Waals surface area contributed by atoms with E-state index in [1.165, 1.54) is 0 Å². The predicted molar refractivity (Wildman–Crippen MR) is 108 cm³/mol. The fraction of sp³-hybridized carbons (Fsp3) is 0.300.